The minimum Gasteiger partial charge on any atom is -0.466 e. The topological polar surface area (TPSA) is 96.4 Å². The van der Waals surface area contributed by atoms with Gasteiger partial charge in [0.15, 0.2) is 0 Å². The van der Waals surface area contributed by atoms with Crippen LogP contribution < -0.4 is 4.90 Å². The van der Waals surface area contributed by atoms with Gasteiger partial charge in [0.1, 0.15) is 17.6 Å². The number of hydrogen-bond donors (Lipinski definition) is 1. The monoisotopic (exact) mass is 562 g/mol. The summed E-state index contributed by atoms with van der Waals surface area (Å²) in [7, 11) is 0. The van der Waals surface area contributed by atoms with Crippen LogP contribution >= 0.6 is 0 Å². The molecule has 2 aromatic carbocycles. The van der Waals surface area contributed by atoms with E-state index in [4.69, 9.17) is 9.47 Å². The van der Waals surface area contributed by atoms with Crippen molar-refractivity contribution < 1.29 is 29.0 Å². The molecule has 2 bridgehead atoms. The van der Waals surface area contributed by atoms with Crippen LogP contribution in [0.5, 0.6) is 0 Å². The van der Waals surface area contributed by atoms with E-state index in [1.54, 1.807) is 22.8 Å². The van der Waals surface area contributed by atoms with E-state index in [0.717, 1.165) is 29.3 Å². The smallest absolute Gasteiger partial charge is 0.312 e. The second kappa shape index (κ2) is 11.6. The fourth-order valence-electron chi connectivity index (χ4n) is 7.54. The first-order chi connectivity index (χ1) is 19.7. The number of anilines is 1. The molecule has 3 unspecified atom stereocenters. The molecule has 0 aliphatic carbocycles. The number of amides is 2. The van der Waals surface area contributed by atoms with Crippen LogP contribution in [0.25, 0.3) is 10.8 Å². The number of aliphatic hydroxyl groups excluding tert-OH is 1. The van der Waals surface area contributed by atoms with E-state index in [1.165, 1.54) is 0 Å². The summed E-state index contributed by atoms with van der Waals surface area (Å²) < 4.78 is 12.3. The number of ether oxygens (including phenoxy) is 2. The van der Waals surface area contributed by atoms with Crippen molar-refractivity contribution in [1.29, 1.82) is 0 Å². The van der Waals surface area contributed by atoms with Crippen LogP contribution in [-0.4, -0.2) is 71.3 Å². The van der Waals surface area contributed by atoms with E-state index in [1.807, 2.05) is 56.3 Å². The van der Waals surface area contributed by atoms with Gasteiger partial charge < -0.3 is 24.4 Å². The Morgan fingerprint density at radius 3 is 2.61 bits per heavy atom. The highest BCUT2D eigenvalue weighted by Gasteiger charge is 2.80. The SMILES string of the molecule is C=CCN(C(=O)C1N(CCCCCCO)C(=O)[C@@H]2[C@H](C(=O)OCC)[C@@]3(C)OC12CC3C)c1ccc2ccccc2c1. The zero-order chi connectivity index (χ0) is 29.4. The Hall–Kier alpha value is -3.23. The third-order valence-corrected chi connectivity index (χ3v) is 9.52. The molecule has 220 valence electrons. The highest BCUT2D eigenvalue weighted by atomic mass is 16.6. The van der Waals surface area contributed by atoms with E-state index >= 15 is 0 Å². The van der Waals surface area contributed by atoms with Crippen LogP contribution in [0, 0.1) is 17.8 Å². The average Bonchev–Trinajstić information content (AvgIpc) is 3.47. The summed E-state index contributed by atoms with van der Waals surface area (Å²) in [6.45, 7) is 10.6. The van der Waals surface area contributed by atoms with Crippen LogP contribution in [-0.2, 0) is 23.9 Å². The molecule has 8 heteroatoms. The number of carbonyl (C=O) groups excluding carboxylic acids is 3. The van der Waals surface area contributed by atoms with Crippen LogP contribution in [0.1, 0.15) is 52.9 Å². The molecular formula is C33H42N2O6. The number of esters is 1. The summed E-state index contributed by atoms with van der Waals surface area (Å²) in [5.74, 6) is -2.48. The third kappa shape index (κ3) is 4.75. The molecule has 0 saturated carbocycles. The Labute approximate surface area is 242 Å². The fourth-order valence-corrected chi connectivity index (χ4v) is 7.54. The summed E-state index contributed by atoms with van der Waals surface area (Å²) in [5.41, 5.74) is -1.30. The van der Waals surface area contributed by atoms with Gasteiger partial charge in [0.05, 0.1) is 18.1 Å². The number of likely N-dealkylation sites (tertiary alicyclic amines) is 1. The van der Waals surface area contributed by atoms with Crippen molar-refractivity contribution in [3.05, 3.63) is 55.1 Å². The van der Waals surface area contributed by atoms with Crippen LogP contribution in [0.4, 0.5) is 5.69 Å². The maximum atomic E-state index is 14.8. The van der Waals surface area contributed by atoms with E-state index < -0.39 is 35.0 Å². The molecule has 3 saturated heterocycles. The first kappa shape index (κ1) is 29.3. The molecule has 1 N–H and O–H groups in total. The Balaban J connectivity index is 1.56. The minimum atomic E-state index is -1.12. The quantitative estimate of drug-likeness (QED) is 0.233. The molecule has 5 rings (SSSR count). The lowest BCUT2D eigenvalue weighted by Crippen LogP contribution is -2.57. The van der Waals surface area contributed by atoms with Gasteiger partial charge in [0.25, 0.3) is 5.91 Å². The van der Waals surface area contributed by atoms with Gasteiger partial charge >= 0.3 is 5.97 Å². The molecule has 41 heavy (non-hydrogen) atoms. The molecule has 3 heterocycles. The zero-order valence-electron chi connectivity index (χ0n) is 24.4. The summed E-state index contributed by atoms with van der Waals surface area (Å²) >= 11 is 0. The zero-order valence-corrected chi connectivity index (χ0v) is 24.4. The van der Waals surface area contributed by atoms with Gasteiger partial charge in [-0.25, -0.2) is 0 Å². The van der Waals surface area contributed by atoms with Gasteiger partial charge in [-0.3, -0.25) is 14.4 Å². The average molecular weight is 563 g/mol. The van der Waals surface area contributed by atoms with Crippen molar-refractivity contribution in [2.45, 2.75) is 70.1 Å². The van der Waals surface area contributed by atoms with Crippen molar-refractivity contribution in [3.8, 4) is 0 Å². The number of rotatable bonds is 12. The number of benzene rings is 2. The van der Waals surface area contributed by atoms with E-state index in [2.05, 4.69) is 6.58 Å². The van der Waals surface area contributed by atoms with Crippen LogP contribution in [0.3, 0.4) is 0 Å². The van der Waals surface area contributed by atoms with Crippen molar-refractivity contribution >= 4 is 34.2 Å². The minimum absolute atomic E-state index is 0.0470. The molecule has 0 radical (unpaired) electrons. The number of aliphatic hydroxyl groups is 1. The maximum absolute atomic E-state index is 14.8. The molecule has 1 spiro atoms. The summed E-state index contributed by atoms with van der Waals surface area (Å²) in [4.78, 5) is 45.8. The molecule has 3 fully saturated rings. The molecular weight excluding hydrogens is 520 g/mol. The van der Waals surface area contributed by atoms with Gasteiger partial charge in [-0.15, -0.1) is 6.58 Å². The Kier molecular flexibility index (Phi) is 8.26. The van der Waals surface area contributed by atoms with Crippen molar-refractivity contribution in [2.75, 3.05) is 31.2 Å². The second-order valence-electron chi connectivity index (χ2n) is 11.9. The lowest BCUT2D eigenvalue weighted by Gasteiger charge is -2.37. The number of carbonyl (C=O) groups is 3. The number of unbranched alkanes of at least 4 members (excludes halogenated alkanes) is 3. The Morgan fingerprint density at radius 1 is 1.17 bits per heavy atom. The van der Waals surface area contributed by atoms with Gasteiger partial charge in [0, 0.05) is 25.4 Å². The molecule has 2 aromatic rings. The largest absolute Gasteiger partial charge is 0.466 e. The predicted molar refractivity (Wildman–Crippen MR) is 157 cm³/mol. The molecule has 3 aliphatic rings. The van der Waals surface area contributed by atoms with E-state index in [9.17, 15) is 19.5 Å². The van der Waals surface area contributed by atoms with Crippen LogP contribution in [0.15, 0.2) is 55.1 Å². The first-order valence-corrected chi connectivity index (χ1v) is 14.9. The normalized spacial score (nSPS) is 30.0. The molecule has 0 aromatic heterocycles. The Morgan fingerprint density at radius 2 is 1.90 bits per heavy atom. The fraction of sp³-hybridized carbons (Fsp3) is 0.545. The molecule has 6 atom stereocenters. The highest BCUT2D eigenvalue weighted by Crippen LogP contribution is 2.65. The number of fused-ring (bicyclic) bond motifs is 2. The van der Waals surface area contributed by atoms with E-state index in [0.29, 0.717) is 25.8 Å². The molecule has 3 aliphatic heterocycles. The van der Waals surface area contributed by atoms with Gasteiger partial charge in [-0.2, -0.15) is 0 Å². The van der Waals surface area contributed by atoms with Crippen molar-refractivity contribution in [1.82, 2.24) is 4.90 Å². The van der Waals surface area contributed by atoms with Crippen LogP contribution in [0.2, 0.25) is 0 Å². The molecule has 8 nitrogen and oxygen atoms in total. The summed E-state index contributed by atoms with van der Waals surface area (Å²) in [5, 5.41) is 11.3. The lowest BCUT2D eigenvalue weighted by atomic mass is 9.62. The van der Waals surface area contributed by atoms with Gasteiger partial charge in [-0.05, 0) is 61.9 Å². The van der Waals surface area contributed by atoms with Gasteiger partial charge in [0.2, 0.25) is 5.91 Å². The maximum Gasteiger partial charge on any atom is 0.312 e. The Bertz CT molecular complexity index is 1330. The summed E-state index contributed by atoms with van der Waals surface area (Å²) in [6, 6.07) is 13.0. The third-order valence-electron chi connectivity index (χ3n) is 9.52. The molecule has 2 amide bonds. The van der Waals surface area contributed by atoms with Gasteiger partial charge in [-0.1, -0.05) is 56.2 Å². The number of nitrogens with zero attached hydrogens (tertiary/aromatic N) is 2. The number of hydrogen-bond acceptors (Lipinski definition) is 6. The lowest BCUT2D eigenvalue weighted by molar-refractivity contribution is -0.161. The predicted octanol–water partition coefficient (Wildman–Crippen LogP) is 4.49. The van der Waals surface area contributed by atoms with Crippen molar-refractivity contribution in [2.24, 2.45) is 17.8 Å². The van der Waals surface area contributed by atoms with Crippen molar-refractivity contribution in [3.63, 3.8) is 0 Å². The standard InChI is InChI=1S/C33H42N2O6/c1-5-17-34(25-16-15-23-13-9-10-14-24(23)20-25)30(38)28-33-21-22(3)32(4,41-33)27(31(39)40-6-2)26(33)29(37)35(28)18-11-7-8-12-19-36/h5,9-10,13-16,20,22,26-28,36H,1,6-8,11-12,17-19,21H2,2-4H3/t22?,26-,27+,28?,32-,33?/m0/s1. The first-order valence-electron chi connectivity index (χ1n) is 14.9. The summed E-state index contributed by atoms with van der Waals surface area (Å²) in [6.07, 6.45) is 5.24. The van der Waals surface area contributed by atoms with E-state index in [-0.39, 0.29) is 37.5 Å². The second-order valence-corrected chi connectivity index (χ2v) is 11.9. The highest BCUT2D eigenvalue weighted by molar-refractivity contribution is 6.05.